The van der Waals surface area contributed by atoms with E-state index >= 15 is 0 Å². The van der Waals surface area contributed by atoms with Gasteiger partial charge in [0.2, 0.25) is 0 Å². The number of rotatable bonds is 1. The Balaban J connectivity index is 0.00000256. The predicted octanol–water partition coefficient (Wildman–Crippen LogP) is 11.0. The van der Waals surface area contributed by atoms with Gasteiger partial charge in [0.25, 0.3) is 0 Å². The summed E-state index contributed by atoms with van der Waals surface area (Å²) in [6, 6.07) is 56.0. The van der Waals surface area contributed by atoms with E-state index in [0.29, 0.717) is 0 Å². The molecule has 0 amide bonds. The maximum absolute atomic E-state index is 3.59. The summed E-state index contributed by atoms with van der Waals surface area (Å²) in [6.07, 6.45) is 0. The fourth-order valence-corrected chi connectivity index (χ4v) is 6.41. The van der Waals surface area contributed by atoms with Gasteiger partial charge in [0.15, 0.2) is 0 Å². The summed E-state index contributed by atoms with van der Waals surface area (Å²) >= 11 is 0. The van der Waals surface area contributed by atoms with Crippen LogP contribution in [-0.2, 0) is 32.7 Å². The van der Waals surface area contributed by atoms with Crippen LogP contribution in [0.2, 0.25) is 0 Å². The summed E-state index contributed by atoms with van der Waals surface area (Å²) in [5.74, 6) is 0. The van der Waals surface area contributed by atoms with Crippen molar-refractivity contribution in [3.05, 3.63) is 146 Å². The molecule has 0 nitrogen and oxygen atoms in total. The molecule has 0 bridgehead atoms. The van der Waals surface area contributed by atoms with Gasteiger partial charge in [-0.2, -0.15) is 24.3 Å². The van der Waals surface area contributed by atoms with Crippen molar-refractivity contribution >= 4 is 75.4 Å². The SMILES string of the molecule is [Y].[c-]1cc2cc3cc4cc5ccccc5cc4cc3cc2cc1-c1[c-]ccc2cc3cc4ccccc4cc3cc12. The Bertz CT molecular complexity index is 2490. The molecule has 0 fully saturated rings. The molecule has 0 aliphatic rings. The fraction of sp³-hybridized carbons (Fsp3) is 0. The average molecular weight is 592 g/mol. The molecule has 0 saturated carbocycles. The minimum Gasteiger partial charge on any atom is -0.225 e. The van der Waals surface area contributed by atoms with Crippen molar-refractivity contribution in [2.45, 2.75) is 0 Å². The first-order valence-corrected chi connectivity index (χ1v) is 13.7. The van der Waals surface area contributed by atoms with Crippen molar-refractivity contribution in [2.24, 2.45) is 0 Å². The van der Waals surface area contributed by atoms with Crippen LogP contribution < -0.4 is 0 Å². The molecule has 1 heteroatoms. The Morgan fingerprint density at radius 3 is 1.29 bits per heavy atom. The van der Waals surface area contributed by atoms with Crippen LogP contribution in [-0.4, -0.2) is 0 Å². The van der Waals surface area contributed by atoms with E-state index < -0.39 is 0 Å². The van der Waals surface area contributed by atoms with Crippen LogP contribution in [0.25, 0.3) is 86.5 Å². The van der Waals surface area contributed by atoms with Crippen LogP contribution >= 0.6 is 0 Å². The van der Waals surface area contributed by atoms with Gasteiger partial charge >= 0.3 is 0 Å². The van der Waals surface area contributed by atoms with Crippen molar-refractivity contribution in [2.75, 3.05) is 0 Å². The van der Waals surface area contributed by atoms with Crippen molar-refractivity contribution in [1.29, 1.82) is 0 Å². The summed E-state index contributed by atoms with van der Waals surface area (Å²) in [7, 11) is 0. The Labute approximate surface area is 263 Å². The van der Waals surface area contributed by atoms with E-state index in [1.54, 1.807) is 0 Å². The van der Waals surface area contributed by atoms with E-state index in [0.717, 1.165) is 11.1 Å². The van der Waals surface area contributed by atoms with Gasteiger partial charge in [-0.1, -0.05) is 72.8 Å². The van der Waals surface area contributed by atoms with Crippen LogP contribution in [0.4, 0.5) is 0 Å². The van der Waals surface area contributed by atoms with Crippen LogP contribution in [0.15, 0.2) is 133 Å². The molecule has 0 aliphatic carbocycles. The molecule has 0 atom stereocenters. The van der Waals surface area contributed by atoms with Crippen LogP contribution in [0.3, 0.4) is 0 Å². The second-order valence-electron chi connectivity index (χ2n) is 10.9. The monoisotopic (exact) mass is 591 g/mol. The van der Waals surface area contributed by atoms with Crippen LogP contribution in [0.5, 0.6) is 0 Å². The molecule has 41 heavy (non-hydrogen) atoms. The van der Waals surface area contributed by atoms with E-state index in [1.165, 1.54) is 75.4 Å². The molecule has 9 aromatic rings. The molecule has 9 aromatic carbocycles. The van der Waals surface area contributed by atoms with Crippen molar-refractivity contribution < 1.29 is 32.7 Å². The minimum absolute atomic E-state index is 0. The maximum Gasteiger partial charge on any atom is 0 e. The second-order valence-corrected chi connectivity index (χ2v) is 10.9. The smallest absolute Gasteiger partial charge is 0 e. The standard InChI is InChI=1S/C40H22.Y/c1-2-8-27-16-35-23-37-21-32-20-31(13-12-29(32)18-36(37)22-34(35)15-26(27)7-1)39-11-5-10-30-19-33-14-25-6-3-4-9-28(25)17-38(33)24-40(30)39;/h1-10,12,14-24H;/q-2;. The van der Waals surface area contributed by atoms with E-state index in [-0.39, 0.29) is 32.7 Å². The fourth-order valence-electron chi connectivity index (χ4n) is 6.41. The number of fused-ring (bicyclic) bond motifs is 7. The third-order valence-electron chi connectivity index (χ3n) is 8.45. The van der Waals surface area contributed by atoms with Crippen molar-refractivity contribution in [3.63, 3.8) is 0 Å². The molecule has 1 radical (unpaired) electrons. The van der Waals surface area contributed by atoms with Gasteiger partial charge in [-0.25, -0.2) is 11.1 Å². The molecule has 0 saturated heterocycles. The third kappa shape index (κ3) is 4.05. The Morgan fingerprint density at radius 1 is 0.341 bits per heavy atom. The summed E-state index contributed by atoms with van der Waals surface area (Å²) in [5.41, 5.74) is 2.17. The molecule has 0 unspecified atom stereocenters. The first kappa shape index (κ1) is 24.7. The van der Waals surface area contributed by atoms with Gasteiger partial charge in [0, 0.05) is 32.7 Å². The molecule has 9 rings (SSSR count). The molecule has 0 aliphatic heterocycles. The summed E-state index contributed by atoms with van der Waals surface area (Å²) < 4.78 is 0. The summed E-state index contributed by atoms with van der Waals surface area (Å²) in [4.78, 5) is 0. The Kier molecular flexibility index (Phi) is 5.71. The molecule has 0 N–H and O–H groups in total. The number of hydrogen-bond donors (Lipinski definition) is 0. The third-order valence-corrected chi connectivity index (χ3v) is 8.45. The van der Waals surface area contributed by atoms with Crippen LogP contribution in [0.1, 0.15) is 0 Å². The number of hydrogen-bond acceptors (Lipinski definition) is 0. The van der Waals surface area contributed by atoms with E-state index in [2.05, 4.69) is 140 Å². The molecular weight excluding hydrogens is 569 g/mol. The zero-order valence-corrected chi connectivity index (χ0v) is 25.1. The summed E-state index contributed by atoms with van der Waals surface area (Å²) in [6.45, 7) is 0. The maximum atomic E-state index is 3.59. The Morgan fingerprint density at radius 2 is 0.756 bits per heavy atom. The molecule has 187 valence electrons. The quantitative estimate of drug-likeness (QED) is 0.132. The van der Waals surface area contributed by atoms with Crippen LogP contribution in [0, 0.1) is 12.1 Å². The first-order chi connectivity index (χ1) is 19.7. The van der Waals surface area contributed by atoms with Gasteiger partial charge in [0.1, 0.15) is 0 Å². The average Bonchev–Trinajstić information content (AvgIpc) is 2.99. The zero-order chi connectivity index (χ0) is 26.2. The largest absolute Gasteiger partial charge is 0.225 e. The first-order valence-electron chi connectivity index (χ1n) is 13.7. The van der Waals surface area contributed by atoms with Gasteiger partial charge < -0.3 is 0 Å². The molecule has 0 aromatic heterocycles. The predicted molar refractivity (Wildman–Crippen MR) is 172 cm³/mol. The van der Waals surface area contributed by atoms with Gasteiger partial charge in [0.05, 0.1) is 0 Å². The summed E-state index contributed by atoms with van der Waals surface area (Å²) in [5, 5.41) is 17.5. The van der Waals surface area contributed by atoms with E-state index in [4.69, 9.17) is 0 Å². The van der Waals surface area contributed by atoms with Gasteiger partial charge in [-0.3, -0.25) is 0 Å². The minimum atomic E-state index is 0. The molecule has 0 spiro atoms. The van der Waals surface area contributed by atoms with Crippen molar-refractivity contribution in [3.8, 4) is 11.1 Å². The topological polar surface area (TPSA) is 0 Å². The van der Waals surface area contributed by atoms with Gasteiger partial charge in [-0.15, -0.1) is 33.7 Å². The van der Waals surface area contributed by atoms with Crippen molar-refractivity contribution in [1.82, 2.24) is 0 Å². The van der Waals surface area contributed by atoms with E-state index in [9.17, 15) is 0 Å². The molecule has 0 heterocycles. The molecular formula is C40H22Y-2. The zero-order valence-electron chi connectivity index (χ0n) is 22.3. The normalized spacial score (nSPS) is 11.7. The van der Waals surface area contributed by atoms with Gasteiger partial charge in [-0.05, 0) is 90.3 Å². The van der Waals surface area contributed by atoms with E-state index in [1.807, 2.05) is 6.07 Å². The number of benzene rings is 9. The second kappa shape index (κ2) is 9.49. The Hall–Kier alpha value is -4.10.